The lowest BCUT2D eigenvalue weighted by Crippen LogP contribution is -2.47. The van der Waals surface area contributed by atoms with E-state index in [-0.39, 0.29) is 5.41 Å². The molecular formula is C23H32N2O2S. The number of benzene rings is 2. The van der Waals surface area contributed by atoms with Crippen LogP contribution < -0.4 is 4.72 Å². The van der Waals surface area contributed by atoms with Gasteiger partial charge >= 0.3 is 0 Å². The lowest BCUT2D eigenvalue weighted by atomic mass is 9.68. The van der Waals surface area contributed by atoms with Crippen LogP contribution in [0.3, 0.4) is 0 Å². The molecule has 2 unspecified atom stereocenters. The first-order chi connectivity index (χ1) is 13.2. The number of hydrogen-bond donors (Lipinski definition) is 1. The summed E-state index contributed by atoms with van der Waals surface area (Å²) >= 11 is 0. The summed E-state index contributed by atoms with van der Waals surface area (Å²) in [6.07, 6.45) is 3.35. The fraction of sp³-hybridized carbons (Fsp3) is 0.478. The van der Waals surface area contributed by atoms with Crippen LogP contribution in [0, 0.1) is 12.8 Å². The lowest BCUT2D eigenvalue weighted by molar-refractivity contribution is 0.112. The minimum atomic E-state index is -3.26. The van der Waals surface area contributed by atoms with Gasteiger partial charge in [-0.25, -0.2) is 8.42 Å². The Kier molecular flexibility index (Phi) is 6.15. The summed E-state index contributed by atoms with van der Waals surface area (Å²) in [6, 6.07) is 16.7. The van der Waals surface area contributed by atoms with E-state index >= 15 is 0 Å². The van der Waals surface area contributed by atoms with Crippen molar-refractivity contribution in [1.29, 1.82) is 0 Å². The molecule has 1 fully saturated rings. The highest BCUT2D eigenvalue weighted by atomic mass is 32.2. The molecule has 1 N–H and O–H groups in total. The molecular weight excluding hydrogens is 368 g/mol. The van der Waals surface area contributed by atoms with Crippen molar-refractivity contribution in [1.82, 2.24) is 4.90 Å². The zero-order chi connectivity index (χ0) is 20.4. The number of rotatable bonds is 6. The molecule has 2 aromatic rings. The van der Waals surface area contributed by atoms with Crippen LogP contribution in [-0.2, 0) is 21.9 Å². The quantitative estimate of drug-likeness (QED) is 0.790. The third-order valence-electron chi connectivity index (χ3n) is 6.19. The maximum absolute atomic E-state index is 11.6. The SMILES string of the molecule is Cc1cccc(CCN2CCC(C)(c3cccc(NS(C)(=O)=O)c3)C(C)C2)c1. The minimum absolute atomic E-state index is 0.0506. The number of aryl methyl sites for hydroxylation is 1. The molecule has 0 aromatic heterocycles. The molecule has 1 saturated heterocycles. The molecule has 5 heteroatoms. The van der Waals surface area contributed by atoms with Gasteiger partial charge in [0.15, 0.2) is 0 Å². The van der Waals surface area contributed by atoms with Crippen molar-refractivity contribution in [3.05, 3.63) is 65.2 Å². The van der Waals surface area contributed by atoms with Crippen LogP contribution in [0.15, 0.2) is 48.5 Å². The van der Waals surface area contributed by atoms with E-state index in [1.54, 1.807) is 0 Å². The van der Waals surface area contributed by atoms with Gasteiger partial charge < -0.3 is 4.90 Å². The molecule has 3 rings (SSSR count). The van der Waals surface area contributed by atoms with E-state index < -0.39 is 10.0 Å². The number of anilines is 1. The maximum Gasteiger partial charge on any atom is 0.229 e. The number of nitrogens with zero attached hydrogens (tertiary/aromatic N) is 1. The number of sulfonamides is 1. The van der Waals surface area contributed by atoms with Crippen molar-refractivity contribution in [2.45, 2.75) is 39.0 Å². The summed E-state index contributed by atoms with van der Waals surface area (Å²) < 4.78 is 25.7. The van der Waals surface area contributed by atoms with Gasteiger partial charge in [0, 0.05) is 18.8 Å². The van der Waals surface area contributed by atoms with Gasteiger partial charge in [0.2, 0.25) is 10.0 Å². The Balaban J connectivity index is 1.66. The number of nitrogens with one attached hydrogen (secondary N) is 1. The largest absolute Gasteiger partial charge is 0.303 e. The fourth-order valence-electron chi connectivity index (χ4n) is 4.26. The van der Waals surface area contributed by atoms with Crippen molar-refractivity contribution >= 4 is 15.7 Å². The number of likely N-dealkylation sites (tertiary alicyclic amines) is 1. The van der Waals surface area contributed by atoms with Crippen LogP contribution in [-0.4, -0.2) is 39.2 Å². The monoisotopic (exact) mass is 400 g/mol. The molecule has 1 aliphatic rings. The van der Waals surface area contributed by atoms with Gasteiger partial charge in [-0.2, -0.15) is 0 Å². The van der Waals surface area contributed by atoms with Crippen LogP contribution in [0.4, 0.5) is 5.69 Å². The summed E-state index contributed by atoms with van der Waals surface area (Å²) in [6.45, 7) is 9.98. The van der Waals surface area contributed by atoms with E-state index in [4.69, 9.17) is 0 Å². The first-order valence-electron chi connectivity index (χ1n) is 10.0. The van der Waals surface area contributed by atoms with Crippen LogP contribution in [0.25, 0.3) is 0 Å². The molecule has 152 valence electrons. The molecule has 0 amide bonds. The lowest BCUT2D eigenvalue weighted by Gasteiger charge is -2.45. The van der Waals surface area contributed by atoms with Crippen molar-refractivity contribution < 1.29 is 8.42 Å². The van der Waals surface area contributed by atoms with E-state index in [0.717, 1.165) is 32.5 Å². The third-order valence-corrected chi connectivity index (χ3v) is 6.80. The van der Waals surface area contributed by atoms with E-state index in [1.165, 1.54) is 22.9 Å². The maximum atomic E-state index is 11.6. The Morgan fingerprint density at radius 1 is 1.18 bits per heavy atom. The molecule has 2 aromatic carbocycles. The number of hydrogen-bond acceptors (Lipinski definition) is 3. The Labute approximate surface area is 170 Å². The van der Waals surface area contributed by atoms with Gasteiger partial charge in [0.25, 0.3) is 0 Å². The number of piperidine rings is 1. The van der Waals surface area contributed by atoms with Crippen molar-refractivity contribution in [3.63, 3.8) is 0 Å². The summed E-state index contributed by atoms with van der Waals surface area (Å²) in [5.74, 6) is 0.493. The van der Waals surface area contributed by atoms with Gasteiger partial charge in [0.1, 0.15) is 0 Å². The summed E-state index contributed by atoms with van der Waals surface area (Å²) in [7, 11) is -3.26. The predicted octanol–water partition coefficient (Wildman–Crippen LogP) is 4.21. The van der Waals surface area contributed by atoms with E-state index in [2.05, 4.69) is 60.7 Å². The van der Waals surface area contributed by atoms with Gasteiger partial charge in [-0.15, -0.1) is 0 Å². The van der Waals surface area contributed by atoms with Crippen LogP contribution >= 0.6 is 0 Å². The molecule has 0 bridgehead atoms. The Morgan fingerprint density at radius 3 is 2.61 bits per heavy atom. The summed E-state index contributed by atoms with van der Waals surface area (Å²) in [5.41, 5.74) is 4.64. The topological polar surface area (TPSA) is 49.4 Å². The molecule has 0 aliphatic carbocycles. The highest BCUT2D eigenvalue weighted by Crippen LogP contribution is 2.40. The average Bonchev–Trinajstić information content (AvgIpc) is 2.62. The summed E-state index contributed by atoms with van der Waals surface area (Å²) in [5, 5.41) is 0. The molecule has 0 spiro atoms. The average molecular weight is 401 g/mol. The zero-order valence-electron chi connectivity index (χ0n) is 17.4. The molecule has 2 atom stereocenters. The zero-order valence-corrected chi connectivity index (χ0v) is 18.2. The Hall–Kier alpha value is -1.85. The highest BCUT2D eigenvalue weighted by molar-refractivity contribution is 7.92. The second-order valence-corrected chi connectivity index (χ2v) is 10.3. The first-order valence-corrected chi connectivity index (χ1v) is 11.9. The van der Waals surface area contributed by atoms with Gasteiger partial charge in [-0.05, 0) is 60.9 Å². The van der Waals surface area contributed by atoms with E-state index in [0.29, 0.717) is 11.6 Å². The molecule has 4 nitrogen and oxygen atoms in total. The van der Waals surface area contributed by atoms with Crippen molar-refractivity contribution in [2.75, 3.05) is 30.6 Å². The van der Waals surface area contributed by atoms with Gasteiger partial charge in [-0.1, -0.05) is 55.8 Å². The van der Waals surface area contributed by atoms with Crippen LogP contribution in [0.1, 0.15) is 37.0 Å². The highest BCUT2D eigenvalue weighted by Gasteiger charge is 2.37. The second kappa shape index (κ2) is 8.26. The molecule has 28 heavy (non-hydrogen) atoms. The molecule has 1 aliphatic heterocycles. The fourth-order valence-corrected chi connectivity index (χ4v) is 4.81. The predicted molar refractivity (Wildman–Crippen MR) is 117 cm³/mol. The molecule has 0 saturated carbocycles. The van der Waals surface area contributed by atoms with Gasteiger partial charge in [-0.3, -0.25) is 4.72 Å². The molecule has 0 radical (unpaired) electrons. The minimum Gasteiger partial charge on any atom is -0.303 e. The smallest absolute Gasteiger partial charge is 0.229 e. The van der Waals surface area contributed by atoms with E-state index in [9.17, 15) is 8.42 Å². The van der Waals surface area contributed by atoms with E-state index in [1.807, 2.05) is 18.2 Å². The summed E-state index contributed by atoms with van der Waals surface area (Å²) in [4.78, 5) is 2.56. The van der Waals surface area contributed by atoms with Crippen LogP contribution in [0.5, 0.6) is 0 Å². The van der Waals surface area contributed by atoms with Crippen LogP contribution in [0.2, 0.25) is 0 Å². The molecule has 1 heterocycles. The van der Waals surface area contributed by atoms with Crippen molar-refractivity contribution in [2.24, 2.45) is 5.92 Å². The first kappa shape index (κ1) is 20.9. The standard InChI is InChI=1S/C23H32N2O2S/c1-18-7-5-8-20(15-18)11-13-25-14-12-23(3,19(2)17-25)21-9-6-10-22(16-21)24-28(4,26)27/h5-10,15-16,19,24H,11-14,17H2,1-4H3. The normalized spacial score (nSPS) is 23.5. The third kappa shape index (κ3) is 5.15. The Bertz CT molecular complexity index is 926. The van der Waals surface area contributed by atoms with Gasteiger partial charge in [0.05, 0.1) is 6.26 Å². The Morgan fingerprint density at radius 2 is 1.93 bits per heavy atom. The second-order valence-electron chi connectivity index (χ2n) is 8.56. The van der Waals surface area contributed by atoms with Crippen molar-refractivity contribution in [3.8, 4) is 0 Å².